The Morgan fingerprint density at radius 1 is 1.42 bits per heavy atom. The molecule has 0 aromatic heterocycles. The molecule has 1 aliphatic rings. The first-order chi connectivity index (χ1) is 8.72. The molecule has 112 valence electrons. The zero-order chi connectivity index (χ0) is 14.6. The Kier molecular flexibility index (Phi) is 5.76. The fraction of sp³-hybridized carbons (Fsp3) is 0.917. The van der Waals surface area contributed by atoms with Crippen LogP contribution in [0.1, 0.15) is 32.1 Å². The van der Waals surface area contributed by atoms with Crippen molar-refractivity contribution in [1.82, 2.24) is 4.90 Å². The van der Waals surface area contributed by atoms with E-state index in [9.17, 15) is 18.3 Å². The fourth-order valence-electron chi connectivity index (χ4n) is 2.43. The van der Waals surface area contributed by atoms with Gasteiger partial charge in [0.05, 0.1) is 23.9 Å². The van der Waals surface area contributed by atoms with Crippen molar-refractivity contribution in [3.63, 3.8) is 0 Å². The van der Waals surface area contributed by atoms with Crippen molar-refractivity contribution in [3.8, 4) is 0 Å². The Morgan fingerprint density at radius 2 is 2.00 bits per heavy atom. The minimum absolute atomic E-state index is 0.0963. The molecule has 0 spiro atoms. The second-order valence-corrected chi connectivity index (χ2v) is 7.65. The number of aliphatic hydroxyl groups is 1. The molecule has 3 unspecified atom stereocenters. The number of hydrogen-bond donors (Lipinski definition) is 2. The highest BCUT2D eigenvalue weighted by Gasteiger charge is 2.31. The lowest BCUT2D eigenvalue weighted by atomic mass is 9.91. The minimum Gasteiger partial charge on any atom is -0.391 e. The lowest BCUT2D eigenvalue weighted by molar-refractivity contribution is -0.136. The summed E-state index contributed by atoms with van der Waals surface area (Å²) in [6, 6.07) is -1.03. The quantitative estimate of drug-likeness (QED) is 0.712. The first kappa shape index (κ1) is 16.4. The van der Waals surface area contributed by atoms with Gasteiger partial charge in [0.15, 0.2) is 0 Å². The number of hydrogen-bond acceptors (Lipinski definition) is 5. The van der Waals surface area contributed by atoms with Crippen LogP contribution in [0.25, 0.3) is 0 Å². The highest BCUT2D eigenvalue weighted by molar-refractivity contribution is 7.90. The minimum atomic E-state index is -3.11. The number of carbonyl (C=O) groups excluding carboxylic acids is 1. The number of nitrogens with two attached hydrogens (primary N) is 1. The number of aliphatic hydroxyl groups excluding tert-OH is 1. The molecule has 19 heavy (non-hydrogen) atoms. The molecular weight excluding hydrogens is 268 g/mol. The van der Waals surface area contributed by atoms with Gasteiger partial charge in [-0.1, -0.05) is 12.8 Å². The highest BCUT2D eigenvalue weighted by Crippen LogP contribution is 2.22. The van der Waals surface area contributed by atoms with E-state index < -0.39 is 22.0 Å². The van der Waals surface area contributed by atoms with Gasteiger partial charge in [-0.15, -0.1) is 0 Å². The van der Waals surface area contributed by atoms with E-state index in [4.69, 9.17) is 5.73 Å². The Balaban J connectivity index is 2.55. The smallest absolute Gasteiger partial charge is 0.239 e. The number of likely N-dealkylation sites (N-methyl/N-ethyl adjacent to an activating group) is 1. The Hall–Kier alpha value is -0.660. The number of carbonyl (C=O) groups is 1. The number of nitrogens with zero attached hydrogens (tertiary/aromatic N) is 1. The number of amides is 1. The molecule has 6 nitrogen and oxygen atoms in total. The van der Waals surface area contributed by atoms with Gasteiger partial charge in [-0.2, -0.15) is 0 Å². The predicted octanol–water partition coefficient (Wildman–Crippen LogP) is -0.490. The zero-order valence-electron chi connectivity index (χ0n) is 11.6. The molecule has 0 saturated heterocycles. The summed E-state index contributed by atoms with van der Waals surface area (Å²) in [7, 11) is -1.49. The van der Waals surface area contributed by atoms with Crippen molar-refractivity contribution >= 4 is 15.7 Å². The largest absolute Gasteiger partial charge is 0.391 e. The molecule has 0 aromatic rings. The molecule has 0 aromatic carbocycles. The third kappa shape index (κ3) is 5.08. The van der Waals surface area contributed by atoms with E-state index in [1.807, 2.05) is 0 Å². The first-order valence-electron chi connectivity index (χ1n) is 6.60. The fourth-order valence-corrected chi connectivity index (χ4v) is 3.12. The van der Waals surface area contributed by atoms with Gasteiger partial charge >= 0.3 is 0 Å². The number of sulfone groups is 1. The van der Waals surface area contributed by atoms with E-state index in [2.05, 4.69) is 0 Å². The molecule has 0 aliphatic heterocycles. The average molecular weight is 292 g/mol. The molecule has 1 saturated carbocycles. The summed E-state index contributed by atoms with van der Waals surface area (Å²) < 4.78 is 22.1. The summed E-state index contributed by atoms with van der Waals surface area (Å²) in [5, 5.41) is 9.90. The molecule has 1 amide bonds. The van der Waals surface area contributed by atoms with Gasteiger partial charge in [0, 0.05) is 13.3 Å². The van der Waals surface area contributed by atoms with Gasteiger partial charge in [-0.25, -0.2) is 8.42 Å². The third-order valence-corrected chi connectivity index (χ3v) is 4.63. The van der Waals surface area contributed by atoms with Crippen LogP contribution in [0.15, 0.2) is 0 Å². The van der Waals surface area contributed by atoms with Crippen molar-refractivity contribution in [1.29, 1.82) is 0 Å². The maximum absolute atomic E-state index is 12.1. The van der Waals surface area contributed by atoms with Crippen LogP contribution in [0.4, 0.5) is 0 Å². The van der Waals surface area contributed by atoms with Gasteiger partial charge in [0.1, 0.15) is 9.84 Å². The normalized spacial score (nSPS) is 25.9. The van der Waals surface area contributed by atoms with Crippen LogP contribution in [-0.4, -0.2) is 61.6 Å². The van der Waals surface area contributed by atoms with Crippen molar-refractivity contribution < 1.29 is 18.3 Å². The van der Waals surface area contributed by atoms with Crippen LogP contribution < -0.4 is 5.73 Å². The van der Waals surface area contributed by atoms with E-state index in [-0.39, 0.29) is 24.1 Å². The Labute approximate surface area is 114 Å². The summed E-state index contributed by atoms with van der Waals surface area (Å²) in [5.41, 5.74) is 5.74. The van der Waals surface area contributed by atoms with Crippen LogP contribution in [0.3, 0.4) is 0 Å². The molecule has 1 fully saturated rings. The second-order valence-electron chi connectivity index (χ2n) is 5.39. The molecule has 3 N–H and O–H groups in total. The second kappa shape index (κ2) is 6.67. The summed E-state index contributed by atoms with van der Waals surface area (Å²) >= 11 is 0. The maximum atomic E-state index is 12.1. The van der Waals surface area contributed by atoms with Crippen LogP contribution in [0.2, 0.25) is 0 Å². The predicted molar refractivity (Wildman–Crippen MR) is 73.3 cm³/mol. The van der Waals surface area contributed by atoms with E-state index >= 15 is 0 Å². The van der Waals surface area contributed by atoms with E-state index in [0.717, 1.165) is 25.5 Å². The summed E-state index contributed by atoms with van der Waals surface area (Å²) in [6.07, 6.45) is 4.15. The molecule has 0 radical (unpaired) electrons. The van der Waals surface area contributed by atoms with Gasteiger partial charge in [-0.05, 0) is 19.3 Å². The monoisotopic (exact) mass is 292 g/mol. The SMILES string of the molecule is CN(C(=O)C(N)CCS(C)(=O)=O)C1CCCCC1O. The van der Waals surface area contributed by atoms with E-state index in [0.29, 0.717) is 6.42 Å². The van der Waals surface area contributed by atoms with Gasteiger partial charge < -0.3 is 15.7 Å². The maximum Gasteiger partial charge on any atom is 0.239 e. The van der Waals surface area contributed by atoms with Gasteiger partial charge in [0.2, 0.25) is 5.91 Å². The topological polar surface area (TPSA) is 101 Å². The van der Waals surface area contributed by atoms with Gasteiger partial charge in [0.25, 0.3) is 0 Å². The summed E-state index contributed by atoms with van der Waals surface area (Å²) in [5.74, 6) is -0.393. The van der Waals surface area contributed by atoms with E-state index in [1.54, 1.807) is 7.05 Å². The molecule has 0 bridgehead atoms. The average Bonchev–Trinajstić information content (AvgIpc) is 2.34. The summed E-state index contributed by atoms with van der Waals surface area (Å²) in [6.45, 7) is 0. The molecule has 1 aliphatic carbocycles. The van der Waals surface area contributed by atoms with Crippen molar-refractivity contribution in [2.75, 3.05) is 19.1 Å². The van der Waals surface area contributed by atoms with Gasteiger partial charge in [-0.3, -0.25) is 4.79 Å². The van der Waals surface area contributed by atoms with Crippen LogP contribution in [0, 0.1) is 0 Å². The lowest BCUT2D eigenvalue weighted by Crippen LogP contribution is -2.52. The van der Waals surface area contributed by atoms with Crippen LogP contribution in [0.5, 0.6) is 0 Å². The van der Waals surface area contributed by atoms with Crippen LogP contribution in [-0.2, 0) is 14.6 Å². The Bertz CT molecular complexity index is 410. The highest BCUT2D eigenvalue weighted by atomic mass is 32.2. The van der Waals surface area contributed by atoms with Crippen LogP contribution >= 0.6 is 0 Å². The standard InChI is InChI=1S/C12H24N2O4S/c1-14(10-5-3-4-6-11(10)15)12(16)9(13)7-8-19(2,17)18/h9-11,15H,3-8,13H2,1-2H3. The molecule has 7 heteroatoms. The zero-order valence-corrected chi connectivity index (χ0v) is 12.4. The molecule has 0 heterocycles. The molecule has 1 rings (SSSR count). The first-order valence-corrected chi connectivity index (χ1v) is 8.66. The number of rotatable bonds is 5. The van der Waals surface area contributed by atoms with E-state index in [1.165, 1.54) is 4.90 Å². The molecule has 3 atom stereocenters. The van der Waals surface area contributed by atoms with Crippen molar-refractivity contribution in [2.45, 2.75) is 50.3 Å². The molecular formula is C12H24N2O4S. The Morgan fingerprint density at radius 3 is 2.53 bits per heavy atom. The van der Waals surface area contributed by atoms with Crippen molar-refractivity contribution in [2.24, 2.45) is 5.73 Å². The lowest BCUT2D eigenvalue weighted by Gasteiger charge is -2.36. The summed E-state index contributed by atoms with van der Waals surface area (Å²) in [4.78, 5) is 13.6. The van der Waals surface area contributed by atoms with Crippen molar-refractivity contribution in [3.05, 3.63) is 0 Å². The third-order valence-electron chi connectivity index (χ3n) is 3.66.